The predicted octanol–water partition coefficient (Wildman–Crippen LogP) is 1.31. The van der Waals surface area contributed by atoms with Gasteiger partial charge in [-0.15, -0.1) is 0 Å². The fourth-order valence-corrected chi connectivity index (χ4v) is 3.64. The van der Waals surface area contributed by atoms with Crippen molar-refractivity contribution in [3.05, 3.63) is 23.8 Å². The van der Waals surface area contributed by atoms with Gasteiger partial charge in [0.25, 0.3) is 0 Å². The van der Waals surface area contributed by atoms with Crippen molar-refractivity contribution in [1.29, 1.82) is 0 Å². The van der Waals surface area contributed by atoms with E-state index < -0.39 is 15.8 Å². The van der Waals surface area contributed by atoms with E-state index in [0.717, 1.165) is 31.6 Å². The van der Waals surface area contributed by atoms with Crippen LogP contribution in [0.3, 0.4) is 0 Å². The number of sulfone groups is 1. The Balaban J connectivity index is 2.39. The topological polar surface area (TPSA) is 75.7 Å². The highest BCUT2D eigenvalue weighted by Crippen LogP contribution is 2.25. The first-order valence-electron chi connectivity index (χ1n) is 7.64. The lowest BCUT2D eigenvalue weighted by Gasteiger charge is -2.37. The molecule has 1 heterocycles. The number of ether oxygens (including phenoxy) is 1. The van der Waals surface area contributed by atoms with Crippen molar-refractivity contribution >= 4 is 21.5 Å². The monoisotopic (exact) mass is 340 g/mol. The summed E-state index contributed by atoms with van der Waals surface area (Å²) in [6.07, 6.45) is 1.10. The fraction of sp³-hybridized carbons (Fsp3) is 0.562. The van der Waals surface area contributed by atoms with Crippen molar-refractivity contribution in [2.24, 2.45) is 5.92 Å². The first kappa shape index (κ1) is 17.7. The molecule has 0 spiro atoms. The highest BCUT2D eigenvalue weighted by molar-refractivity contribution is 7.90. The van der Waals surface area contributed by atoms with Gasteiger partial charge in [-0.1, -0.05) is 13.8 Å². The van der Waals surface area contributed by atoms with Crippen LogP contribution in [0.15, 0.2) is 23.1 Å². The Morgan fingerprint density at radius 3 is 2.65 bits per heavy atom. The third kappa shape index (κ3) is 4.03. The Hall–Kier alpha value is -1.60. The van der Waals surface area contributed by atoms with Gasteiger partial charge in [0, 0.05) is 37.6 Å². The Morgan fingerprint density at radius 1 is 1.39 bits per heavy atom. The summed E-state index contributed by atoms with van der Waals surface area (Å²) in [6.45, 7) is 6.76. The number of hydrogen-bond donors (Lipinski definition) is 1. The molecule has 0 saturated carbocycles. The van der Waals surface area contributed by atoms with Crippen LogP contribution in [-0.4, -0.2) is 53.4 Å². The zero-order chi connectivity index (χ0) is 17.2. The Morgan fingerprint density at radius 2 is 2.09 bits per heavy atom. The molecule has 128 valence electrons. The molecule has 7 heteroatoms. The van der Waals surface area contributed by atoms with Crippen LogP contribution in [-0.2, 0) is 14.6 Å². The normalized spacial score (nSPS) is 19.0. The summed E-state index contributed by atoms with van der Waals surface area (Å²) in [5, 5.41) is 3.47. The van der Waals surface area contributed by atoms with E-state index in [9.17, 15) is 13.2 Å². The zero-order valence-corrected chi connectivity index (χ0v) is 14.8. The van der Waals surface area contributed by atoms with Crippen LogP contribution in [0, 0.1) is 5.92 Å². The quantitative estimate of drug-likeness (QED) is 0.833. The van der Waals surface area contributed by atoms with Gasteiger partial charge in [0.1, 0.15) is 0 Å². The number of rotatable bonds is 4. The lowest BCUT2D eigenvalue weighted by molar-refractivity contribution is 0.0596. The van der Waals surface area contributed by atoms with Crippen LogP contribution in [0.5, 0.6) is 0 Å². The van der Waals surface area contributed by atoms with Crippen LogP contribution < -0.4 is 10.2 Å². The third-order valence-corrected chi connectivity index (χ3v) is 5.28. The summed E-state index contributed by atoms with van der Waals surface area (Å²) < 4.78 is 28.8. The van der Waals surface area contributed by atoms with Crippen LogP contribution in [0.2, 0.25) is 0 Å². The van der Waals surface area contributed by atoms with E-state index in [2.05, 4.69) is 28.8 Å². The maximum Gasteiger partial charge on any atom is 0.339 e. The average molecular weight is 340 g/mol. The van der Waals surface area contributed by atoms with E-state index in [1.165, 1.54) is 13.2 Å². The highest BCUT2D eigenvalue weighted by Gasteiger charge is 2.25. The van der Waals surface area contributed by atoms with Gasteiger partial charge in [-0.2, -0.15) is 0 Å². The number of methoxy groups -OCH3 is 1. The largest absolute Gasteiger partial charge is 0.465 e. The van der Waals surface area contributed by atoms with E-state index in [4.69, 9.17) is 0 Å². The molecule has 0 bridgehead atoms. The second-order valence-corrected chi connectivity index (χ2v) is 8.18. The van der Waals surface area contributed by atoms with Gasteiger partial charge in [0.05, 0.1) is 17.6 Å². The number of hydrogen-bond acceptors (Lipinski definition) is 6. The predicted molar refractivity (Wildman–Crippen MR) is 89.7 cm³/mol. The molecule has 1 saturated heterocycles. The average Bonchev–Trinajstić information content (AvgIpc) is 2.52. The molecule has 1 atom stereocenters. The molecule has 6 nitrogen and oxygen atoms in total. The molecule has 0 aliphatic carbocycles. The molecule has 0 unspecified atom stereocenters. The van der Waals surface area contributed by atoms with Crippen molar-refractivity contribution in [3.8, 4) is 0 Å². The van der Waals surface area contributed by atoms with E-state index in [1.807, 2.05) is 0 Å². The van der Waals surface area contributed by atoms with Crippen molar-refractivity contribution < 1.29 is 17.9 Å². The van der Waals surface area contributed by atoms with Crippen LogP contribution in [0.4, 0.5) is 5.69 Å². The molecular formula is C16H24N2O4S. The Labute approximate surface area is 137 Å². The summed E-state index contributed by atoms with van der Waals surface area (Å²) in [7, 11) is -2.28. The third-order valence-electron chi connectivity index (χ3n) is 4.15. The number of carbonyl (C=O) groups excluding carboxylic acids is 1. The number of benzene rings is 1. The van der Waals surface area contributed by atoms with Gasteiger partial charge >= 0.3 is 5.97 Å². The first-order chi connectivity index (χ1) is 10.7. The minimum absolute atomic E-state index is 0.0153. The molecule has 1 aromatic carbocycles. The first-order valence-corrected chi connectivity index (χ1v) is 9.54. The van der Waals surface area contributed by atoms with Crippen molar-refractivity contribution in [3.63, 3.8) is 0 Å². The van der Waals surface area contributed by atoms with Crippen molar-refractivity contribution in [2.45, 2.75) is 24.8 Å². The zero-order valence-electron chi connectivity index (χ0n) is 14.0. The molecule has 1 aliphatic heterocycles. The molecule has 2 rings (SSSR count). The molecule has 1 N–H and O–H groups in total. The molecule has 1 aliphatic rings. The Bertz CT molecular complexity index is 685. The van der Waals surface area contributed by atoms with E-state index in [1.54, 1.807) is 12.1 Å². The highest BCUT2D eigenvalue weighted by atomic mass is 32.2. The van der Waals surface area contributed by atoms with Gasteiger partial charge < -0.3 is 15.0 Å². The molecule has 0 radical (unpaired) electrons. The van der Waals surface area contributed by atoms with Crippen LogP contribution in [0.1, 0.15) is 24.2 Å². The smallest absolute Gasteiger partial charge is 0.339 e. The van der Waals surface area contributed by atoms with Gasteiger partial charge in [-0.3, -0.25) is 0 Å². The van der Waals surface area contributed by atoms with Gasteiger partial charge in [-0.25, -0.2) is 13.2 Å². The summed E-state index contributed by atoms with van der Waals surface area (Å²) in [6, 6.07) is 5.24. The van der Waals surface area contributed by atoms with Gasteiger partial charge in [0.15, 0.2) is 9.84 Å². The van der Waals surface area contributed by atoms with E-state index >= 15 is 0 Å². The maximum atomic E-state index is 12.0. The number of nitrogens with zero attached hydrogens (tertiary/aromatic N) is 1. The van der Waals surface area contributed by atoms with Crippen LogP contribution >= 0.6 is 0 Å². The van der Waals surface area contributed by atoms with Crippen LogP contribution in [0.25, 0.3) is 0 Å². The van der Waals surface area contributed by atoms with E-state index in [-0.39, 0.29) is 10.5 Å². The minimum Gasteiger partial charge on any atom is -0.465 e. The lowest BCUT2D eigenvalue weighted by atomic mass is 10.0. The number of anilines is 1. The minimum atomic E-state index is -3.52. The summed E-state index contributed by atoms with van der Waals surface area (Å²) in [4.78, 5) is 14.0. The lowest BCUT2D eigenvalue weighted by Crippen LogP contribution is -2.53. The molecular weight excluding hydrogens is 316 g/mol. The summed E-state index contributed by atoms with van der Waals surface area (Å²) >= 11 is 0. The SMILES string of the molecule is COC(=O)c1ccc(N2CCN[C@H](C(C)C)C2)cc1S(C)(=O)=O. The standard InChI is InChI=1S/C16H24N2O4S/c1-11(2)14-10-18(8-7-17-14)12-5-6-13(16(19)22-3)15(9-12)23(4,20)21/h5-6,9,11,14,17H,7-8,10H2,1-4H3/t14-/m0/s1. The number of nitrogens with one attached hydrogen (secondary N) is 1. The maximum absolute atomic E-state index is 12.0. The number of esters is 1. The van der Waals surface area contributed by atoms with Gasteiger partial charge in [-0.05, 0) is 24.1 Å². The number of piperazine rings is 1. The van der Waals surface area contributed by atoms with E-state index in [0.29, 0.717) is 12.0 Å². The molecule has 1 fully saturated rings. The Kier molecular flexibility index (Phi) is 5.31. The molecule has 0 aromatic heterocycles. The second kappa shape index (κ2) is 6.88. The molecule has 23 heavy (non-hydrogen) atoms. The van der Waals surface area contributed by atoms with Gasteiger partial charge in [0.2, 0.25) is 0 Å². The number of carbonyl (C=O) groups is 1. The van der Waals surface area contributed by atoms with Crippen molar-refractivity contribution in [2.75, 3.05) is 37.9 Å². The summed E-state index contributed by atoms with van der Waals surface area (Å²) in [5.41, 5.74) is 0.888. The summed E-state index contributed by atoms with van der Waals surface area (Å²) in [5.74, 6) is -0.154. The second-order valence-electron chi connectivity index (χ2n) is 6.19. The molecule has 0 amide bonds. The fourth-order valence-electron chi connectivity index (χ4n) is 2.75. The van der Waals surface area contributed by atoms with Crippen molar-refractivity contribution in [1.82, 2.24) is 5.32 Å². The molecule has 1 aromatic rings.